The third-order valence-electron chi connectivity index (χ3n) is 3.95. The summed E-state index contributed by atoms with van der Waals surface area (Å²) < 4.78 is 5.00. The quantitative estimate of drug-likeness (QED) is 0.843. The fourth-order valence-corrected chi connectivity index (χ4v) is 2.93. The van der Waals surface area contributed by atoms with Crippen molar-refractivity contribution in [2.24, 2.45) is 5.92 Å². The zero-order valence-electron chi connectivity index (χ0n) is 11.5. The Labute approximate surface area is 114 Å². The van der Waals surface area contributed by atoms with E-state index < -0.39 is 0 Å². The van der Waals surface area contributed by atoms with Crippen molar-refractivity contribution in [3.8, 4) is 5.75 Å². The average molecular weight is 262 g/mol. The minimum Gasteiger partial charge on any atom is -0.508 e. The molecule has 0 aliphatic heterocycles. The Bertz CT molecular complexity index is 420. The molecule has 2 rings (SSSR count). The second-order valence-corrected chi connectivity index (χ2v) is 5.32. The summed E-state index contributed by atoms with van der Waals surface area (Å²) in [6.45, 7) is 2.31. The third kappa shape index (κ3) is 3.98. The van der Waals surface area contributed by atoms with Gasteiger partial charge in [-0.2, -0.15) is 0 Å². The van der Waals surface area contributed by atoms with Crippen LogP contribution < -0.4 is 0 Å². The van der Waals surface area contributed by atoms with Crippen LogP contribution in [0.1, 0.15) is 50.5 Å². The molecule has 0 aromatic heterocycles. The predicted molar refractivity (Wildman–Crippen MR) is 74.1 cm³/mol. The Hall–Kier alpha value is -1.51. The summed E-state index contributed by atoms with van der Waals surface area (Å²) in [6, 6.07) is 7.54. The van der Waals surface area contributed by atoms with E-state index in [1.54, 1.807) is 6.07 Å². The van der Waals surface area contributed by atoms with E-state index in [2.05, 4.69) is 6.07 Å². The lowest BCUT2D eigenvalue weighted by atomic mass is 9.77. The van der Waals surface area contributed by atoms with E-state index in [1.807, 2.05) is 19.1 Å². The Morgan fingerprint density at radius 2 is 2.05 bits per heavy atom. The molecule has 1 N–H and O–H groups in total. The van der Waals surface area contributed by atoms with Gasteiger partial charge in [-0.25, -0.2) is 0 Å². The highest BCUT2D eigenvalue weighted by atomic mass is 16.5. The van der Waals surface area contributed by atoms with Crippen molar-refractivity contribution in [3.05, 3.63) is 29.8 Å². The summed E-state index contributed by atoms with van der Waals surface area (Å²) in [6.07, 6.45) is 4.87. The van der Waals surface area contributed by atoms with Gasteiger partial charge in [-0.1, -0.05) is 12.1 Å². The van der Waals surface area contributed by atoms with Crippen LogP contribution >= 0.6 is 0 Å². The van der Waals surface area contributed by atoms with Crippen molar-refractivity contribution < 1.29 is 14.6 Å². The average Bonchev–Trinajstić information content (AvgIpc) is 2.40. The van der Waals surface area contributed by atoms with Crippen LogP contribution in [0.4, 0.5) is 0 Å². The van der Waals surface area contributed by atoms with E-state index in [1.165, 1.54) is 5.56 Å². The highest BCUT2D eigenvalue weighted by Gasteiger charge is 2.24. The number of hydrogen-bond donors (Lipinski definition) is 1. The number of aromatic hydroxyl groups is 1. The van der Waals surface area contributed by atoms with Gasteiger partial charge in [0.2, 0.25) is 0 Å². The summed E-state index contributed by atoms with van der Waals surface area (Å²) in [5, 5.41) is 9.51. The minimum absolute atomic E-state index is 0.0664. The highest BCUT2D eigenvalue weighted by molar-refractivity contribution is 5.69. The number of rotatable bonds is 4. The SMILES string of the molecule is CCOC(=O)CC1CCC(c2cccc(O)c2)CC1. The van der Waals surface area contributed by atoms with Crippen LogP contribution in [0.2, 0.25) is 0 Å². The lowest BCUT2D eigenvalue weighted by Crippen LogP contribution is -2.17. The minimum atomic E-state index is -0.0664. The Morgan fingerprint density at radius 1 is 1.32 bits per heavy atom. The van der Waals surface area contributed by atoms with E-state index in [4.69, 9.17) is 4.74 Å². The Balaban J connectivity index is 1.84. The van der Waals surface area contributed by atoms with Gasteiger partial charge in [-0.15, -0.1) is 0 Å². The molecule has 0 unspecified atom stereocenters. The molecular weight excluding hydrogens is 240 g/mol. The number of carbonyl (C=O) groups excluding carboxylic acids is 1. The van der Waals surface area contributed by atoms with E-state index in [-0.39, 0.29) is 5.97 Å². The molecule has 0 spiro atoms. The summed E-state index contributed by atoms with van der Waals surface area (Å²) >= 11 is 0. The molecule has 0 radical (unpaired) electrons. The van der Waals surface area contributed by atoms with Gasteiger partial charge in [0.05, 0.1) is 6.61 Å². The maximum atomic E-state index is 11.5. The number of benzene rings is 1. The molecule has 1 aromatic carbocycles. The molecule has 3 heteroatoms. The highest BCUT2D eigenvalue weighted by Crippen LogP contribution is 2.37. The molecular formula is C16H22O3. The van der Waals surface area contributed by atoms with Crippen LogP contribution in [-0.2, 0) is 9.53 Å². The van der Waals surface area contributed by atoms with Gasteiger partial charge in [0.15, 0.2) is 0 Å². The van der Waals surface area contributed by atoms with Gasteiger partial charge in [0.1, 0.15) is 5.75 Å². The maximum absolute atomic E-state index is 11.5. The topological polar surface area (TPSA) is 46.5 Å². The van der Waals surface area contributed by atoms with E-state index in [0.29, 0.717) is 30.6 Å². The van der Waals surface area contributed by atoms with Crippen LogP contribution in [0, 0.1) is 5.92 Å². The number of ether oxygens (including phenoxy) is 1. The van der Waals surface area contributed by atoms with Crippen molar-refractivity contribution in [3.63, 3.8) is 0 Å². The lowest BCUT2D eigenvalue weighted by molar-refractivity contribution is -0.144. The largest absolute Gasteiger partial charge is 0.508 e. The lowest BCUT2D eigenvalue weighted by Gasteiger charge is -2.28. The van der Waals surface area contributed by atoms with Gasteiger partial charge in [-0.05, 0) is 62.1 Å². The number of hydrogen-bond acceptors (Lipinski definition) is 3. The van der Waals surface area contributed by atoms with Gasteiger partial charge in [0.25, 0.3) is 0 Å². The normalized spacial score (nSPS) is 23.0. The fourth-order valence-electron chi connectivity index (χ4n) is 2.93. The molecule has 1 aromatic rings. The van der Waals surface area contributed by atoms with E-state index in [0.717, 1.165) is 25.7 Å². The van der Waals surface area contributed by atoms with Crippen molar-refractivity contribution in [2.75, 3.05) is 6.61 Å². The molecule has 19 heavy (non-hydrogen) atoms. The van der Waals surface area contributed by atoms with Crippen LogP contribution in [-0.4, -0.2) is 17.7 Å². The molecule has 0 bridgehead atoms. The Morgan fingerprint density at radius 3 is 2.68 bits per heavy atom. The summed E-state index contributed by atoms with van der Waals surface area (Å²) in [4.78, 5) is 11.5. The number of carbonyl (C=O) groups is 1. The number of phenolic OH excluding ortho intramolecular Hbond substituents is 1. The number of phenols is 1. The first-order valence-corrected chi connectivity index (χ1v) is 7.13. The molecule has 1 aliphatic carbocycles. The first-order chi connectivity index (χ1) is 9.19. The monoisotopic (exact) mass is 262 g/mol. The molecule has 0 saturated heterocycles. The van der Waals surface area contributed by atoms with Crippen LogP contribution in [0.15, 0.2) is 24.3 Å². The summed E-state index contributed by atoms with van der Waals surface area (Å²) in [5.74, 6) is 1.26. The van der Waals surface area contributed by atoms with Gasteiger partial charge in [-0.3, -0.25) is 4.79 Å². The molecule has 1 fully saturated rings. The maximum Gasteiger partial charge on any atom is 0.306 e. The molecule has 104 valence electrons. The summed E-state index contributed by atoms with van der Waals surface area (Å²) in [5.41, 5.74) is 1.22. The van der Waals surface area contributed by atoms with Crippen LogP contribution in [0.3, 0.4) is 0 Å². The molecule has 0 amide bonds. The van der Waals surface area contributed by atoms with Gasteiger partial charge < -0.3 is 9.84 Å². The van der Waals surface area contributed by atoms with Crippen molar-refractivity contribution >= 4 is 5.97 Å². The standard InChI is InChI=1S/C16H22O3/c1-2-19-16(18)10-12-6-8-13(9-7-12)14-4-3-5-15(17)11-14/h3-5,11-13,17H,2,6-10H2,1H3. The second kappa shape index (κ2) is 6.60. The first-order valence-electron chi connectivity index (χ1n) is 7.13. The van der Waals surface area contributed by atoms with Crippen LogP contribution in [0.5, 0.6) is 5.75 Å². The summed E-state index contributed by atoms with van der Waals surface area (Å²) in [7, 11) is 0. The zero-order valence-corrected chi connectivity index (χ0v) is 11.5. The smallest absolute Gasteiger partial charge is 0.306 e. The van der Waals surface area contributed by atoms with E-state index in [9.17, 15) is 9.90 Å². The molecule has 1 aliphatic rings. The fraction of sp³-hybridized carbons (Fsp3) is 0.562. The third-order valence-corrected chi connectivity index (χ3v) is 3.95. The molecule has 0 heterocycles. The van der Waals surface area contributed by atoms with Gasteiger partial charge >= 0.3 is 5.97 Å². The second-order valence-electron chi connectivity index (χ2n) is 5.32. The molecule has 1 saturated carbocycles. The molecule has 3 nitrogen and oxygen atoms in total. The first kappa shape index (κ1) is 13.9. The van der Waals surface area contributed by atoms with Crippen LogP contribution in [0.25, 0.3) is 0 Å². The number of esters is 1. The van der Waals surface area contributed by atoms with Crippen molar-refractivity contribution in [2.45, 2.75) is 44.9 Å². The van der Waals surface area contributed by atoms with Crippen molar-refractivity contribution in [1.29, 1.82) is 0 Å². The molecule has 0 atom stereocenters. The van der Waals surface area contributed by atoms with Crippen molar-refractivity contribution in [1.82, 2.24) is 0 Å². The zero-order chi connectivity index (χ0) is 13.7. The van der Waals surface area contributed by atoms with Gasteiger partial charge in [0, 0.05) is 6.42 Å². The Kier molecular flexibility index (Phi) is 4.83. The predicted octanol–water partition coefficient (Wildman–Crippen LogP) is 3.62. The van der Waals surface area contributed by atoms with E-state index >= 15 is 0 Å².